The van der Waals surface area contributed by atoms with Gasteiger partial charge in [0.1, 0.15) is 5.78 Å². The van der Waals surface area contributed by atoms with Gasteiger partial charge in [-0.05, 0) is 30.8 Å². The van der Waals surface area contributed by atoms with E-state index in [4.69, 9.17) is 4.55 Å². The monoisotopic (exact) mass is 158 g/mol. The first-order valence-electron chi connectivity index (χ1n) is 3.59. The van der Waals surface area contributed by atoms with Crippen molar-refractivity contribution in [2.75, 3.05) is 5.75 Å². The fourth-order valence-electron chi connectivity index (χ4n) is 2.04. The molecule has 2 saturated carbocycles. The van der Waals surface area contributed by atoms with Crippen molar-refractivity contribution in [3.63, 3.8) is 0 Å². The predicted molar refractivity (Wildman–Crippen MR) is 39.9 cm³/mol. The number of rotatable bonds is 2. The van der Waals surface area contributed by atoms with Crippen molar-refractivity contribution >= 4 is 17.8 Å². The first-order valence-corrected chi connectivity index (χ1v) is 4.53. The van der Waals surface area contributed by atoms with Crippen LogP contribution in [0.2, 0.25) is 0 Å². The molecule has 0 bridgehead atoms. The summed E-state index contributed by atoms with van der Waals surface area (Å²) < 4.78 is 8.60. The van der Waals surface area contributed by atoms with Crippen LogP contribution >= 0.6 is 12.0 Å². The largest absolute Gasteiger partial charge is 0.330 e. The summed E-state index contributed by atoms with van der Waals surface area (Å²) >= 11 is 0.822. The summed E-state index contributed by atoms with van der Waals surface area (Å²) in [5, 5.41) is 0. The molecule has 0 amide bonds. The third-order valence-electron chi connectivity index (χ3n) is 3.03. The third-order valence-corrected chi connectivity index (χ3v) is 3.67. The van der Waals surface area contributed by atoms with Crippen molar-refractivity contribution in [2.24, 2.45) is 11.3 Å². The summed E-state index contributed by atoms with van der Waals surface area (Å²) in [6.07, 6.45) is 3.00. The minimum atomic E-state index is -0.0561. The second kappa shape index (κ2) is 1.98. The number of ketones is 1. The molecule has 2 nitrogen and oxygen atoms in total. The highest BCUT2D eigenvalue weighted by molar-refractivity contribution is 7.93. The molecule has 0 aromatic carbocycles. The van der Waals surface area contributed by atoms with Crippen molar-refractivity contribution < 1.29 is 9.35 Å². The second-order valence-electron chi connectivity index (χ2n) is 3.29. The number of Topliss-reactive ketones (excluding diaryl/α,β-unsaturated/α-hetero) is 1. The van der Waals surface area contributed by atoms with Crippen LogP contribution in [0.5, 0.6) is 0 Å². The van der Waals surface area contributed by atoms with E-state index < -0.39 is 0 Å². The molecule has 0 heterocycles. The quantitative estimate of drug-likeness (QED) is 0.620. The molecular formula is C7H10O2S. The van der Waals surface area contributed by atoms with Crippen LogP contribution in [0.15, 0.2) is 0 Å². The molecule has 56 valence electrons. The van der Waals surface area contributed by atoms with Gasteiger partial charge in [-0.15, -0.1) is 0 Å². The Balaban J connectivity index is 2.06. The second-order valence-corrected chi connectivity index (χ2v) is 3.84. The molecule has 0 spiro atoms. The molecule has 2 atom stereocenters. The van der Waals surface area contributed by atoms with Crippen molar-refractivity contribution in [1.82, 2.24) is 0 Å². The Morgan fingerprint density at radius 2 is 2.60 bits per heavy atom. The lowest BCUT2D eigenvalue weighted by Crippen LogP contribution is -2.58. The van der Waals surface area contributed by atoms with Crippen LogP contribution in [0.1, 0.15) is 19.3 Å². The molecule has 2 rings (SSSR count). The van der Waals surface area contributed by atoms with Gasteiger partial charge in [0.15, 0.2) is 0 Å². The molecule has 0 saturated heterocycles. The summed E-state index contributed by atoms with van der Waals surface area (Å²) in [5.74, 6) is 1.64. The standard InChI is InChI=1S/C7H10O2S/c8-6-3-5-1-2-7(5,6)4-10-9/h5,9H,1-4H2. The molecule has 10 heavy (non-hydrogen) atoms. The van der Waals surface area contributed by atoms with Crippen LogP contribution in [0.4, 0.5) is 0 Å². The molecule has 2 aliphatic carbocycles. The van der Waals surface area contributed by atoms with Crippen LogP contribution in [0.3, 0.4) is 0 Å². The Kier molecular flexibility index (Phi) is 1.32. The topological polar surface area (TPSA) is 37.3 Å². The number of fused-ring (bicyclic) bond motifs is 1. The average Bonchev–Trinajstić information content (AvgIpc) is 1.94. The highest BCUT2D eigenvalue weighted by Gasteiger charge is 2.60. The normalized spacial score (nSPS) is 43.7. The lowest BCUT2D eigenvalue weighted by atomic mass is 9.48. The van der Waals surface area contributed by atoms with Gasteiger partial charge >= 0.3 is 0 Å². The highest BCUT2D eigenvalue weighted by atomic mass is 32.2. The number of carbonyl (C=O) groups is 1. The maximum absolute atomic E-state index is 11.1. The van der Waals surface area contributed by atoms with E-state index in [0.717, 1.165) is 24.9 Å². The predicted octanol–water partition coefficient (Wildman–Crippen LogP) is 1.56. The van der Waals surface area contributed by atoms with Gasteiger partial charge in [-0.2, -0.15) is 0 Å². The lowest BCUT2D eigenvalue weighted by molar-refractivity contribution is -0.156. The van der Waals surface area contributed by atoms with Crippen molar-refractivity contribution in [2.45, 2.75) is 19.3 Å². The number of hydrogen-bond acceptors (Lipinski definition) is 3. The SMILES string of the molecule is O=C1CC2CCC12CSO. The average molecular weight is 158 g/mol. The van der Waals surface area contributed by atoms with Gasteiger partial charge in [-0.25, -0.2) is 0 Å². The summed E-state index contributed by atoms with van der Waals surface area (Å²) in [5.41, 5.74) is -0.0561. The molecule has 0 aliphatic heterocycles. The molecule has 2 aliphatic rings. The summed E-state index contributed by atoms with van der Waals surface area (Å²) in [4.78, 5) is 11.1. The smallest absolute Gasteiger partial charge is 0.140 e. The number of hydrogen-bond donors (Lipinski definition) is 1. The summed E-state index contributed by atoms with van der Waals surface area (Å²) in [6, 6.07) is 0. The molecule has 3 heteroatoms. The zero-order chi connectivity index (χ0) is 7.19. The fraction of sp³-hybridized carbons (Fsp3) is 0.857. The number of carbonyl (C=O) groups excluding carboxylic acids is 1. The minimum Gasteiger partial charge on any atom is -0.330 e. The first-order chi connectivity index (χ1) is 4.79. The molecular weight excluding hydrogens is 148 g/mol. The van der Waals surface area contributed by atoms with Gasteiger partial charge in [0, 0.05) is 17.6 Å². The third kappa shape index (κ3) is 0.576. The van der Waals surface area contributed by atoms with Gasteiger partial charge < -0.3 is 4.55 Å². The van der Waals surface area contributed by atoms with E-state index in [-0.39, 0.29) is 5.41 Å². The Morgan fingerprint density at radius 3 is 2.80 bits per heavy atom. The van der Waals surface area contributed by atoms with Gasteiger partial charge in [0.2, 0.25) is 0 Å². The Hall–Kier alpha value is -0.0200. The van der Waals surface area contributed by atoms with E-state index in [1.807, 2.05) is 0 Å². The first kappa shape index (κ1) is 6.68. The fourth-order valence-corrected chi connectivity index (χ4v) is 2.81. The van der Waals surface area contributed by atoms with Gasteiger partial charge in [-0.1, -0.05) is 0 Å². The van der Waals surface area contributed by atoms with E-state index in [1.165, 1.54) is 6.42 Å². The Labute approximate surface area is 64.2 Å². The molecule has 2 fully saturated rings. The van der Waals surface area contributed by atoms with Crippen molar-refractivity contribution in [3.05, 3.63) is 0 Å². The van der Waals surface area contributed by atoms with Gasteiger partial charge in [0.05, 0.1) is 0 Å². The zero-order valence-electron chi connectivity index (χ0n) is 5.67. The maximum Gasteiger partial charge on any atom is 0.140 e. The van der Waals surface area contributed by atoms with E-state index in [2.05, 4.69) is 0 Å². The van der Waals surface area contributed by atoms with E-state index in [9.17, 15) is 4.79 Å². The molecule has 2 unspecified atom stereocenters. The minimum absolute atomic E-state index is 0.0561. The van der Waals surface area contributed by atoms with Crippen LogP contribution in [0.25, 0.3) is 0 Å². The van der Waals surface area contributed by atoms with E-state index in [1.54, 1.807) is 0 Å². The van der Waals surface area contributed by atoms with Crippen LogP contribution in [0, 0.1) is 11.3 Å². The summed E-state index contributed by atoms with van der Waals surface area (Å²) in [6.45, 7) is 0. The van der Waals surface area contributed by atoms with E-state index in [0.29, 0.717) is 17.5 Å². The van der Waals surface area contributed by atoms with Crippen LogP contribution < -0.4 is 0 Å². The van der Waals surface area contributed by atoms with Crippen molar-refractivity contribution in [1.29, 1.82) is 0 Å². The molecule has 1 N–H and O–H groups in total. The lowest BCUT2D eigenvalue weighted by Gasteiger charge is -2.56. The molecule has 0 aromatic rings. The molecule has 0 aromatic heterocycles. The Morgan fingerprint density at radius 1 is 1.80 bits per heavy atom. The van der Waals surface area contributed by atoms with Crippen LogP contribution in [-0.2, 0) is 4.79 Å². The zero-order valence-corrected chi connectivity index (χ0v) is 6.49. The van der Waals surface area contributed by atoms with E-state index >= 15 is 0 Å². The van der Waals surface area contributed by atoms with Crippen LogP contribution in [-0.4, -0.2) is 16.1 Å². The van der Waals surface area contributed by atoms with Gasteiger partial charge in [-0.3, -0.25) is 4.79 Å². The summed E-state index contributed by atoms with van der Waals surface area (Å²) in [7, 11) is 0. The molecule has 0 radical (unpaired) electrons. The Bertz CT molecular complexity index is 180. The van der Waals surface area contributed by atoms with Crippen molar-refractivity contribution in [3.8, 4) is 0 Å². The highest BCUT2D eigenvalue weighted by Crippen LogP contribution is 2.59. The van der Waals surface area contributed by atoms with Gasteiger partial charge in [0.25, 0.3) is 0 Å². The maximum atomic E-state index is 11.1.